The molecule has 0 radical (unpaired) electrons. The van der Waals surface area contributed by atoms with Gasteiger partial charge in [-0.25, -0.2) is 18.1 Å². The van der Waals surface area contributed by atoms with Gasteiger partial charge in [-0.2, -0.15) is 0 Å². The van der Waals surface area contributed by atoms with Crippen LogP contribution in [0, 0.1) is 12.8 Å². The molecule has 3 atom stereocenters. The molecule has 1 aromatic carbocycles. The standard InChI is InChI=1S/C28H30N6O6S/c1-15-3-2-4-23(30-15)31-28(38)25-16-5-7-18(11-16)34(25)24(35)14-33-13-21(26(29)36)20-12-17(6-10-22(20)33)27(37)32-41(39,40)19-8-9-19/h2-4,6,10,12-13,16,18-19,25H,5,7-9,11,14H2,1H3,(H2,29,36)(H,32,37)(H,30,31,38)/t16?,18?,25-/m0/s1. The minimum atomic E-state index is -3.76. The van der Waals surface area contributed by atoms with Gasteiger partial charge in [0.25, 0.3) is 11.8 Å². The van der Waals surface area contributed by atoms with Crippen LogP contribution in [0.3, 0.4) is 0 Å². The highest BCUT2D eigenvalue weighted by atomic mass is 32.2. The van der Waals surface area contributed by atoms with Gasteiger partial charge in [0, 0.05) is 34.4 Å². The molecule has 13 heteroatoms. The van der Waals surface area contributed by atoms with E-state index >= 15 is 0 Å². The average molecular weight is 579 g/mol. The predicted octanol–water partition coefficient (Wildman–Crippen LogP) is 1.68. The molecule has 6 rings (SSSR count). The van der Waals surface area contributed by atoms with E-state index in [1.54, 1.807) is 27.7 Å². The molecule has 3 fully saturated rings. The van der Waals surface area contributed by atoms with Crippen LogP contribution in [0.5, 0.6) is 0 Å². The molecule has 3 aliphatic rings. The third kappa shape index (κ3) is 5.05. The zero-order chi connectivity index (χ0) is 29.1. The Labute approximate surface area is 236 Å². The van der Waals surface area contributed by atoms with Crippen molar-refractivity contribution in [3.63, 3.8) is 0 Å². The molecule has 4 amide bonds. The van der Waals surface area contributed by atoms with Crippen molar-refractivity contribution in [2.24, 2.45) is 11.7 Å². The number of nitrogens with two attached hydrogens (primary N) is 1. The molecule has 0 spiro atoms. The van der Waals surface area contributed by atoms with Gasteiger partial charge in [0.15, 0.2) is 0 Å². The molecule has 2 aliphatic carbocycles. The normalized spacial score (nSPS) is 21.7. The van der Waals surface area contributed by atoms with Gasteiger partial charge >= 0.3 is 0 Å². The van der Waals surface area contributed by atoms with E-state index in [4.69, 9.17) is 5.73 Å². The van der Waals surface area contributed by atoms with Gasteiger partial charge in [-0.3, -0.25) is 19.2 Å². The molecule has 2 aromatic heterocycles. The fraction of sp³-hybridized carbons (Fsp3) is 0.393. The number of likely N-dealkylation sites (tertiary alicyclic amines) is 1. The van der Waals surface area contributed by atoms with Crippen molar-refractivity contribution in [2.75, 3.05) is 5.32 Å². The Balaban J connectivity index is 1.25. The van der Waals surface area contributed by atoms with E-state index in [-0.39, 0.29) is 41.4 Å². The summed E-state index contributed by atoms with van der Waals surface area (Å²) in [5.41, 5.74) is 6.99. The zero-order valence-electron chi connectivity index (χ0n) is 22.4. The van der Waals surface area contributed by atoms with Crippen molar-refractivity contribution in [3.8, 4) is 0 Å². The minimum absolute atomic E-state index is 0.0457. The van der Waals surface area contributed by atoms with Crippen LogP contribution in [0.15, 0.2) is 42.6 Å². The van der Waals surface area contributed by atoms with Gasteiger partial charge in [0.05, 0.1) is 10.8 Å². The Morgan fingerprint density at radius 2 is 1.85 bits per heavy atom. The molecular formula is C28H30N6O6S. The van der Waals surface area contributed by atoms with Crippen molar-refractivity contribution in [2.45, 2.75) is 62.9 Å². The predicted molar refractivity (Wildman–Crippen MR) is 149 cm³/mol. The summed E-state index contributed by atoms with van der Waals surface area (Å²) in [7, 11) is -3.76. The van der Waals surface area contributed by atoms with Gasteiger partial charge in [-0.05, 0) is 75.3 Å². The quantitative estimate of drug-likeness (QED) is 0.365. The minimum Gasteiger partial charge on any atom is -0.366 e. The second-order valence-corrected chi connectivity index (χ2v) is 13.0. The maximum atomic E-state index is 13.7. The number of fused-ring (bicyclic) bond motifs is 3. The maximum absolute atomic E-state index is 13.7. The molecule has 1 saturated heterocycles. The summed E-state index contributed by atoms with van der Waals surface area (Å²) in [6.07, 6.45) is 4.87. The molecule has 4 N–H and O–H groups in total. The number of nitrogens with zero attached hydrogens (tertiary/aromatic N) is 3. The molecule has 1 aliphatic heterocycles. The fourth-order valence-corrected chi connectivity index (χ4v) is 7.44. The summed E-state index contributed by atoms with van der Waals surface area (Å²) in [5, 5.41) is 2.62. The topological polar surface area (TPSA) is 174 Å². The van der Waals surface area contributed by atoms with E-state index in [1.807, 2.05) is 13.0 Å². The average Bonchev–Trinajstić information content (AvgIpc) is 3.45. The maximum Gasteiger partial charge on any atom is 0.264 e. The number of benzene rings is 1. The van der Waals surface area contributed by atoms with Crippen LogP contribution < -0.4 is 15.8 Å². The van der Waals surface area contributed by atoms with Crippen molar-refractivity contribution in [3.05, 3.63) is 59.4 Å². The number of pyridine rings is 1. The lowest BCUT2D eigenvalue weighted by Gasteiger charge is -2.34. The summed E-state index contributed by atoms with van der Waals surface area (Å²) in [4.78, 5) is 58.0. The van der Waals surface area contributed by atoms with E-state index in [0.29, 0.717) is 29.6 Å². The van der Waals surface area contributed by atoms with Crippen molar-refractivity contribution < 1.29 is 27.6 Å². The number of piperidine rings is 1. The first-order valence-corrected chi connectivity index (χ1v) is 15.1. The van der Waals surface area contributed by atoms with E-state index in [1.165, 1.54) is 18.3 Å². The highest BCUT2D eigenvalue weighted by Crippen LogP contribution is 2.43. The van der Waals surface area contributed by atoms with Crippen LogP contribution in [0.1, 0.15) is 58.5 Å². The van der Waals surface area contributed by atoms with Crippen molar-refractivity contribution in [1.82, 2.24) is 19.2 Å². The number of aryl methyl sites for hydroxylation is 1. The lowest BCUT2D eigenvalue weighted by molar-refractivity contribution is -0.141. The Morgan fingerprint density at radius 3 is 2.56 bits per heavy atom. The van der Waals surface area contributed by atoms with Gasteiger partial charge in [-0.15, -0.1) is 0 Å². The number of nitrogens with one attached hydrogen (secondary N) is 2. The smallest absolute Gasteiger partial charge is 0.264 e. The van der Waals surface area contributed by atoms with Crippen molar-refractivity contribution >= 4 is 50.4 Å². The number of carbonyl (C=O) groups is 4. The van der Waals surface area contributed by atoms with Crippen LogP contribution in [-0.2, 0) is 26.2 Å². The van der Waals surface area contributed by atoms with Crippen LogP contribution in [-0.4, -0.2) is 63.8 Å². The molecule has 2 unspecified atom stereocenters. The molecule has 2 bridgehead atoms. The fourth-order valence-electron chi connectivity index (χ4n) is 6.14. The third-order valence-corrected chi connectivity index (χ3v) is 10.0. The van der Waals surface area contributed by atoms with E-state index in [2.05, 4.69) is 15.0 Å². The number of hydrogen-bond donors (Lipinski definition) is 3. The summed E-state index contributed by atoms with van der Waals surface area (Å²) in [6.45, 7) is 1.68. The van der Waals surface area contributed by atoms with Crippen LogP contribution in [0.25, 0.3) is 10.9 Å². The summed E-state index contributed by atoms with van der Waals surface area (Å²) >= 11 is 0. The first-order valence-electron chi connectivity index (χ1n) is 13.6. The molecule has 3 aromatic rings. The van der Waals surface area contributed by atoms with Gasteiger partial charge in [0.1, 0.15) is 18.4 Å². The van der Waals surface area contributed by atoms with Crippen LogP contribution >= 0.6 is 0 Å². The lowest BCUT2D eigenvalue weighted by Crippen LogP contribution is -2.51. The van der Waals surface area contributed by atoms with Gasteiger partial charge in [0.2, 0.25) is 21.8 Å². The first-order chi connectivity index (χ1) is 19.5. The molecular weight excluding hydrogens is 548 g/mol. The number of anilines is 1. The highest BCUT2D eigenvalue weighted by Gasteiger charge is 2.51. The number of aromatic nitrogens is 2. The highest BCUT2D eigenvalue weighted by molar-refractivity contribution is 7.91. The number of carbonyl (C=O) groups excluding carboxylic acids is 4. The second-order valence-electron chi connectivity index (χ2n) is 11.1. The van der Waals surface area contributed by atoms with Gasteiger partial charge in [-0.1, -0.05) is 6.07 Å². The van der Waals surface area contributed by atoms with Crippen LogP contribution in [0.4, 0.5) is 5.82 Å². The van der Waals surface area contributed by atoms with E-state index in [0.717, 1.165) is 25.0 Å². The Hall–Kier alpha value is -4.26. The largest absolute Gasteiger partial charge is 0.366 e. The lowest BCUT2D eigenvalue weighted by atomic mass is 9.97. The van der Waals surface area contributed by atoms with E-state index < -0.39 is 33.1 Å². The molecule has 12 nitrogen and oxygen atoms in total. The number of sulfonamides is 1. The molecule has 214 valence electrons. The molecule has 41 heavy (non-hydrogen) atoms. The number of rotatable bonds is 8. The number of amides is 4. The Bertz CT molecular complexity index is 1710. The third-order valence-electron chi connectivity index (χ3n) is 8.19. The van der Waals surface area contributed by atoms with Gasteiger partial charge < -0.3 is 20.5 Å². The first kappa shape index (κ1) is 26.9. The Morgan fingerprint density at radius 1 is 1.07 bits per heavy atom. The summed E-state index contributed by atoms with van der Waals surface area (Å²) in [6, 6.07) is 9.03. The molecule has 2 saturated carbocycles. The monoisotopic (exact) mass is 578 g/mol. The Kier molecular flexibility index (Phi) is 6.56. The second kappa shape index (κ2) is 9.98. The number of primary amides is 1. The molecule has 3 heterocycles. The number of hydrogen-bond acceptors (Lipinski definition) is 7. The zero-order valence-corrected chi connectivity index (χ0v) is 23.2. The van der Waals surface area contributed by atoms with Crippen molar-refractivity contribution in [1.29, 1.82) is 0 Å². The SMILES string of the molecule is Cc1cccc(NC(=O)[C@@H]2C3CCC(C3)N2C(=O)Cn2cc(C(N)=O)c3cc(C(=O)NS(=O)(=O)C4CC4)ccc32)n1. The summed E-state index contributed by atoms with van der Waals surface area (Å²) in [5.74, 6) is -1.65. The summed E-state index contributed by atoms with van der Waals surface area (Å²) < 4.78 is 28.1. The van der Waals surface area contributed by atoms with Crippen LogP contribution in [0.2, 0.25) is 0 Å². The van der Waals surface area contributed by atoms with E-state index in [9.17, 15) is 27.6 Å².